The van der Waals surface area contributed by atoms with Crippen LogP contribution in [0.3, 0.4) is 0 Å². The topological polar surface area (TPSA) is 24.1 Å². The lowest BCUT2D eigenvalue weighted by Crippen LogP contribution is -2.24. The van der Waals surface area contributed by atoms with Crippen molar-refractivity contribution in [2.45, 2.75) is 32.7 Å². The highest BCUT2D eigenvalue weighted by molar-refractivity contribution is 6.33. The lowest BCUT2D eigenvalue weighted by atomic mass is 10.1. The van der Waals surface area contributed by atoms with Crippen molar-refractivity contribution < 1.29 is 0 Å². The predicted molar refractivity (Wildman–Crippen MR) is 70.4 cm³/mol. The molecule has 2 nitrogen and oxygen atoms in total. The summed E-state index contributed by atoms with van der Waals surface area (Å²) in [5, 5.41) is 7.69. The first-order chi connectivity index (χ1) is 7.66. The van der Waals surface area contributed by atoms with E-state index in [1.807, 2.05) is 6.07 Å². The van der Waals surface area contributed by atoms with Gasteiger partial charge in [-0.1, -0.05) is 17.7 Å². The summed E-state index contributed by atoms with van der Waals surface area (Å²) in [7, 11) is 0. The third-order valence-corrected chi connectivity index (χ3v) is 3.17. The van der Waals surface area contributed by atoms with Gasteiger partial charge in [0, 0.05) is 19.1 Å². The van der Waals surface area contributed by atoms with Gasteiger partial charge >= 0.3 is 0 Å². The van der Waals surface area contributed by atoms with Gasteiger partial charge in [0.05, 0.1) is 10.7 Å². The Kier molecular flexibility index (Phi) is 3.72. The predicted octanol–water partition coefficient (Wildman–Crippen LogP) is 3.12. The van der Waals surface area contributed by atoms with Crippen LogP contribution in [-0.2, 0) is 0 Å². The molecule has 1 aromatic rings. The Morgan fingerprint density at radius 2 is 2.00 bits per heavy atom. The Morgan fingerprint density at radius 3 is 2.62 bits per heavy atom. The van der Waals surface area contributed by atoms with Crippen molar-refractivity contribution in [2.24, 2.45) is 0 Å². The summed E-state index contributed by atoms with van der Waals surface area (Å²) in [6, 6.07) is 4.93. The van der Waals surface area contributed by atoms with Crippen LogP contribution in [-0.4, -0.2) is 19.1 Å². The molecule has 0 aliphatic heterocycles. The standard InChI is InChI=1S/C13H19ClN2/c1-9-7-10(2)13(12(14)8-9)16-6-5-15-11-3-4-11/h7-8,11,15-16H,3-6H2,1-2H3. The minimum atomic E-state index is 0.774. The molecule has 2 rings (SSSR count). The zero-order valence-corrected chi connectivity index (χ0v) is 10.7. The smallest absolute Gasteiger partial charge is 0.0642 e. The molecule has 88 valence electrons. The maximum atomic E-state index is 6.21. The maximum Gasteiger partial charge on any atom is 0.0642 e. The van der Waals surface area contributed by atoms with Crippen molar-refractivity contribution in [1.82, 2.24) is 5.32 Å². The molecule has 0 aromatic heterocycles. The first-order valence-corrected chi connectivity index (χ1v) is 6.28. The molecule has 0 amide bonds. The van der Waals surface area contributed by atoms with E-state index in [0.717, 1.165) is 29.8 Å². The van der Waals surface area contributed by atoms with E-state index >= 15 is 0 Å². The molecule has 1 aromatic carbocycles. The van der Waals surface area contributed by atoms with E-state index < -0.39 is 0 Å². The summed E-state index contributed by atoms with van der Waals surface area (Å²) in [6.45, 7) is 6.10. The van der Waals surface area contributed by atoms with Crippen LogP contribution in [0.5, 0.6) is 0 Å². The van der Waals surface area contributed by atoms with Gasteiger partial charge in [0.1, 0.15) is 0 Å². The van der Waals surface area contributed by atoms with Crippen LogP contribution >= 0.6 is 11.6 Å². The molecular weight excluding hydrogens is 220 g/mol. The molecule has 1 aliphatic carbocycles. The highest BCUT2D eigenvalue weighted by Crippen LogP contribution is 2.27. The Labute approximate surface area is 102 Å². The van der Waals surface area contributed by atoms with Gasteiger partial charge in [-0.3, -0.25) is 0 Å². The van der Waals surface area contributed by atoms with Crippen LogP contribution in [0.4, 0.5) is 5.69 Å². The number of anilines is 1. The summed E-state index contributed by atoms with van der Waals surface area (Å²) in [6.07, 6.45) is 2.68. The van der Waals surface area contributed by atoms with E-state index in [2.05, 4.69) is 30.5 Å². The van der Waals surface area contributed by atoms with Crippen molar-refractivity contribution in [2.75, 3.05) is 18.4 Å². The fourth-order valence-corrected chi connectivity index (χ4v) is 2.28. The van der Waals surface area contributed by atoms with E-state index in [1.165, 1.54) is 24.0 Å². The SMILES string of the molecule is Cc1cc(C)c(NCCNC2CC2)c(Cl)c1. The molecule has 3 heteroatoms. The number of rotatable bonds is 5. The van der Waals surface area contributed by atoms with E-state index in [-0.39, 0.29) is 0 Å². The van der Waals surface area contributed by atoms with E-state index in [0.29, 0.717) is 0 Å². The number of halogens is 1. The second-order valence-corrected chi connectivity index (χ2v) is 5.00. The third kappa shape index (κ3) is 3.13. The average molecular weight is 239 g/mol. The molecule has 0 heterocycles. The first-order valence-electron chi connectivity index (χ1n) is 5.91. The molecule has 0 radical (unpaired) electrons. The van der Waals surface area contributed by atoms with E-state index in [9.17, 15) is 0 Å². The maximum absolute atomic E-state index is 6.21. The zero-order valence-electron chi connectivity index (χ0n) is 9.94. The molecule has 1 fully saturated rings. The van der Waals surface area contributed by atoms with Gasteiger partial charge in [-0.15, -0.1) is 0 Å². The van der Waals surface area contributed by atoms with Crippen molar-refractivity contribution in [3.63, 3.8) is 0 Å². The minimum Gasteiger partial charge on any atom is -0.382 e. The summed E-state index contributed by atoms with van der Waals surface area (Å²) >= 11 is 6.21. The van der Waals surface area contributed by atoms with Gasteiger partial charge in [-0.25, -0.2) is 0 Å². The Morgan fingerprint density at radius 1 is 1.25 bits per heavy atom. The largest absolute Gasteiger partial charge is 0.382 e. The quantitative estimate of drug-likeness (QED) is 0.771. The lowest BCUT2D eigenvalue weighted by molar-refractivity contribution is 0.701. The normalized spacial score (nSPS) is 15.2. The minimum absolute atomic E-state index is 0.774. The van der Waals surface area contributed by atoms with Crippen LogP contribution in [0.2, 0.25) is 5.02 Å². The molecular formula is C13H19ClN2. The van der Waals surface area contributed by atoms with Gasteiger partial charge in [0.25, 0.3) is 0 Å². The molecule has 1 aliphatic rings. The molecule has 0 unspecified atom stereocenters. The summed E-state index contributed by atoms with van der Waals surface area (Å²) in [4.78, 5) is 0. The highest BCUT2D eigenvalue weighted by atomic mass is 35.5. The number of nitrogens with one attached hydrogen (secondary N) is 2. The monoisotopic (exact) mass is 238 g/mol. The third-order valence-electron chi connectivity index (χ3n) is 2.87. The van der Waals surface area contributed by atoms with Crippen LogP contribution in [0, 0.1) is 13.8 Å². The fraction of sp³-hybridized carbons (Fsp3) is 0.538. The molecule has 16 heavy (non-hydrogen) atoms. The van der Waals surface area contributed by atoms with Crippen LogP contribution in [0.25, 0.3) is 0 Å². The van der Waals surface area contributed by atoms with Crippen molar-refractivity contribution in [3.05, 3.63) is 28.3 Å². The molecule has 0 atom stereocenters. The number of aryl methyl sites for hydroxylation is 2. The fourth-order valence-electron chi connectivity index (χ4n) is 1.89. The molecule has 1 saturated carbocycles. The second-order valence-electron chi connectivity index (χ2n) is 4.59. The summed E-state index contributed by atoms with van der Waals surface area (Å²) in [5.41, 5.74) is 3.51. The molecule has 0 spiro atoms. The van der Waals surface area contributed by atoms with Crippen molar-refractivity contribution in [1.29, 1.82) is 0 Å². The van der Waals surface area contributed by atoms with E-state index in [4.69, 9.17) is 11.6 Å². The van der Waals surface area contributed by atoms with Crippen molar-refractivity contribution in [3.8, 4) is 0 Å². The highest BCUT2D eigenvalue weighted by Gasteiger charge is 2.19. The van der Waals surface area contributed by atoms with Gasteiger partial charge in [-0.05, 0) is 43.9 Å². The van der Waals surface area contributed by atoms with Gasteiger partial charge < -0.3 is 10.6 Å². The number of benzene rings is 1. The molecule has 0 bridgehead atoms. The van der Waals surface area contributed by atoms with Gasteiger partial charge in [-0.2, -0.15) is 0 Å². The molecule has 0 saturated heterocycles. The van der Waals surface area contributed by atoms with Gasteiger partial charge in [0.2, 0.25) is 0 Å². The van der Waals surface area contributed by atoms with Crippen LogP contribution in [0.15, 0.2) is 12.1 Å². The van der Waals surface area contributed by atoms with E-state index in [1.54, 1.807) is 0 Å². The zero-order chi connectivity index (χ0) is 11.5. The van der Waals surface area contributed by atoms with Crippen LogP contribution in [0.1, 0.15) is 24.0 Å². The second kappa shape index (κ2) is 5.07. The van der Waals surface area contributed by atoms with Crippen LogP contribution < -0.4 is 10.6 Å². The molecule has 2 N–H and O–H groups in total. The number of hydrogen-bond donors (Lipinski definition) is 2. The van der Waals surface area contributed by atoms with Gasteiger partial charge in [0.15, 0.2) is 0 Å². The average Bonchev–Trinajstić information content (AvgIpc) is 2.98. The lowest BCUT2D eigenvalue weighted by Gasteiger charge is -2.12. The Hall–Kier alpha value is -0.730. The summed E-state index contributed by atoms with van der Waals surface area (Å²) < 4.78 is 0. The number of hydrogen-bond acceptors (Lipinski definition) is 2. The summed E-state index contributed by atoms with van der Waals surface area (Å²) in [5.74, 6) is 0. The first kappa shape index (κ1) is 11.7. The Balaban J connectivity index is 1.87. The Bertz CT molecular complexity index is 349. The van der Waals surface area contributed by atoms with Crippen molar-refractivity contribution >= 4 is 17.3 Å².